The first-order valence-corrected chi connectivity index (χ1v) is 7.26. The molecule has 1 fully saturated rings. The molecule has 1 aliphatic rings. The Morgan fingerprint density at radius 1 is 1.35 bits per heavy atom. The molecule has 17 heavy (non-hydrogen) atoms. The van der Waals surface area contributed by atoms with E-state index in [9.17, 15) is 0 Å². The molecule has 1 aliphatic heterocycles. The Morgan fingerprint density at radius 2 is 2.18 bits per heavy atom. The molecule has 0 unspecified atom stereocenters. The fourth-order valence-electron chi connectivity index (χ4n) is 2.37. The van der Waals surface area contributed by atoms with Crippen LogP contribution < -0.4 is 5.32 Å². The van der Waals surface area contributed by atoms with Crippen molar-refractivity contribution in [3.05, 3.63) is 28.2 Å². The van der Waals surface area contributed by atoms with Crippen LogP contribution in [-0.4, -0.2) is 18.1 Å². The van der Waals surface area contributed by atoms with E-state index < -0.39 is 0 Å². The largest absolute Gasteiger partial charge is 0.317 e. The van der Waals surface area contributed by atoms with E-state index in [0.29, 0.717) is 0 Å². The lowest BCUT2D eigenvalue weighted by Crippen LogP contribution is -2.28. The molecule has 1 N–H and O–H groups in total. The maximum atomic E-state index is 5.99. The third-order valence-electron chi connectivity index (χ3n) is 3.32. The number of benzene rings is 1. The first-order valence-electron chi connectivity index (χ1n) is 6.07. The van der Waals surface area contributed by atoms with Crippen LogP contribution >= 0.6 is 22.9 Å². The Morgan fingerprint density at radius 3 is 3.00 bits per heavy atom. The average Bonchev–Trinajstić information content (AvgIpc) is 2.71. The molecule has 1 aromatic heterocycles. The topological polar surface area (TPSA) is 24.9 Å². The molecule has 0 amide bonds. The molecule has 1 saturated heterocycles. The normalized spacial score (nSPS) is 17.7. The second kappa shape index (κ2) is 4.92. The molecule has 0 atom stereocenters. The van der Waals surface area contributed by atoms with Crippen LogP contribution in [0.3, 0.4) is 0 Å². The summed E-state index contributed by atoms with van der Waals surface area (Å²) >= 11 is 7.78. The number of rotatable bonds is 2. The van der Waals surface area contributed by atoms with Gasteiger partial charge in [-0.3, -0.25) is 0 Å². The minimum atomic E-state index is 0.798. The zero-order valence-corrected chi connectivity index (χ0v) is 11.2. The summed E-state index contributed by atoms with van der Waals surface area (Å²) in [5.74, 6) is 0.798. The highest BCUT2D eigenvalue weighted by molar-refractivity contribution is 7.18. The van der Waals surface area contributed by atoms with Crippen molar-refractivity contribution in [1.29, 1.82) is 0 Å². The zero-order chi connectivity index (χ0) is 11.7. The van der Waals surface area contributed by atoms with Crippen LogP contribution in [0.25, 0.3) is 10.2 Å². The number of thiazole rings is 1. The van der Waals surface area contributed by atoms with Crippen molar-refractivity contribution in [3.63, 3.8) is 0 Å². The van der Waals surface area contributed by atoms with Gasteiger partial charge in [0.25, 0.3) is 0 Å². The second-order valence-electron chi connectivity index (χ2n) is 4.62. The summed E-state index contributed by atoms with van der Waals surface area (Å²) in [6.45, 7) is 2.31. The first-order chi connectivity index (χ1) is 8.31. The van der Waals surface area contributed by atoms with Gasteiger partial charge in [0, 0.05) is 11.4 Å². The molecule has 0 bridgehead atoms. The van der Waals surface area contributed by atoms with Gasteiger partial charge >= 0.3 is 0 Å². The Hall–Kier alpha value is -0.640. The number of aromatic nitrogens is 1. The number of halogens is 1. The molecule has 1 aromatic carbocycles. The van der Waals surface area contributed by atoms with E-state index in [-0.39, 0.29) is 0 Å². The molecule has 0 saturated carbocycles. The summed E-state index contributed by atoms with van der Waals surface area (Å²) < 4.78 is 1.21. The van der Waals surface area contributed by atoms with E-state index in [2.05, 4.69) is 10.3 Å². The van der Waals surface area contributed by atoms with Crippen molar-refractivity contribution in [2.24, 2.45) is 5.92 Å². The third-order valence-corrected chi connectivity index (χ3v) is 4.59. The van der Waals surface area contributed by atoms with Crippen molar-refractivity contribution in [2.75, 3.05) is 13.1 Å². The molecule has 3 rings (SSSR count). The quantitative estimate of drug-likeness (QED) is 0.900. The predicted octanol–water partition coefficient (Wildman–Crippen LogP) is 3.49. The molecular formula is C13H15ClN2S. The van der Waals surface area contributed by atoms with Crippen molar-refractivity contribution < 1.29 is 0 Å². The van der Waals surface area contributed by atoms with Crippen LogP contribution in [0.4, 0.5) is 0 Å². The molecule has 2 nitrogen and oxygen atoms in total. The molecule has 0 radical (unpaired) electrons. The SMILES string of the molecule is Clc1ccc2nc(CC3CCNCC3)sc2c1. The monoisotopic (exact) mass is 266 g/mol. The molecule has 2 heterocycles. The van der Waals surface area contributed by atoms with Gasteiger partial charge in [-0.2, -0.15) is 0 Å². The van der Waals surface area contributed by atoms with Crippen LogP contribution in [-0.2, 0) is 6.42 Å². The summed E-state index contributed by atoms with van der Waals surface area (Å²) in [6.07, 6.45) is 3.67. The number of hydrogen-bond donors (Lipinski definition) is 1. The standard InChI is InChI=1S/C13H15ClN2S/c14-10-1-2-11-12(8-10)17-13(16-11)7-9-3-5-15-6-4-9/h1-2,8-9,15H,3-7H2. The van der Waals surface area contributed by atoms with Gasteiger partial charge in [0.05, 0.1) is 15.2 Å². The molecule has 0 spiro atoms. The van der Waals surface area contributed by atoms with Gasteiger partial charge in [-0.05, 0) is 50.0 Å². The number of nitrogens with zero attached hydrogens (tertiary/aromatic N) is 1. The fraction of sp³-hybridized carbons (Fsp3) is 0.462. The van der Waals surface area contributed by atoms with Gasteiger partial charge in [-0.15, -0.1) is 11.3 Å². The Bertz CT molecular complexity index is 517. The molecule has 2 aromatic rings. The zero-order valence-electron chi connectivity index (χ0n) is 9.58. The minimum absolute atomic E-state index is 0.798. The Balaban J connectivity index is 1.80. The van der Waals surface area contributed by atoms with E-state index in [4.69, 9.17) is 11.6 Å². The van der Waals surface area contributed by atoms with Crippen molar-refractivity contribution in [3.8, 4) is 0 Å². The molecule has 90 valence electrons. The van der Waals surface area contributed by atoms with E-state index in [0.717, 1.165) is 36.0 Å². The lowest BCUT2D eigenvalue weighted by atomic mass is 9.95. The molecule has 0 aliphatic carbocycles. The van der Waals surface area contributed by atoms with Gasteiger partial charge in [0.15, 0.2) is 0 Å². The van der Waals surface area contributed by atoms with Crippen molar-refractivity contribution in [2.45, 2.75) is 19.3 Å². The van der Waals surface area contributed by atoms with E-state index >= 15 is 0 Å². The van der Waals surface area contributed by atoms with Crippen LogP contribution in [0, 0.1) is 5.92 Å². The van der Waals surface area contributed by atoms with Gasteiger partial charge in [-0.25, -0.2) is 4.98 Å². The molecular weight excluding hydrogens is 252 g/mol. The number of hydrogen-bond acceptors (Lipinski definition) is 3. The summed E-state index contributed by atoms with van der Waals surface area (Å²) in [5.41, 5.74) is 1.09. The van der Waals surface area contributed by atoms with Gasteiger partial charge in [0.2, 0.25) is 0 Å². The fourth-order valence-corrected chi connectivity index (χ4v) is 3.72. The van der Waals surface area contributed by atoms with Crippen molar-refractivity contribution >= 4 is 33.2 Å². The predicted molar refractivity (Wildman–Crippen MR) is 73.9 cm³/mol. The number of piperidine rings is 1. The lowest BCUT2D eigenvalue weighted by molar-refractivity contribution is 0.372. The van der Waals surface area contributed by atoms with E-state index in [1.54, 1.807) is 11.3 Å². The van der Waals surface area contributed by atoms with E-state index in [1.807, 2.05) is 18.2 Å². The van der Waals surface area contributed by atoms with Gasteiger partial charge < -0.3 is 5.32 Å². The van der Waals surface area contributed by atoms with Crippen LogP contribution in [0.1, 0.15) is 17.8 Å². The highest BCUT2D eigenvalue weighted by Crippen LogP contribution is 2.28. The maximum Gasteiger partial charge on any atom is 0.0941 e. The van der Waals surface area contributed by atoms with Crippen LogP contribution in [0.2, 0.25) is 5.02 Å². The second-order valence-corrected chi connectivity index (χ2v) is 6.17. The Labute approximate surface area is 110 Å². The molecule has 4 heteroatoms. The third kappa shape index (κ3) is 2.62. The Kier molecular flexibility index (Phi) is 3.32. The van der Waals surface area contributed by atoms with Crippen LogP contribution in [0.15, 0.2) is 18.2 Å². The van der Waals surface area contributed by atoms with Crippen molar-refractivity contribution in [1.82, 2.24) is 10.3 Å². The summed E-state index contributed by atoms with van der Waals surface area (Å²) in [7, 11) is 0. The van der Waals surface area contributed by atoms with E-state index in [1.165, 1.54) is 22.5 Å². The minimum Gasteiger partial charge on any atom is -0.317 e. The summed E-state index contributed by atoms with van der Waals surface area (Å²) in [6, 6.07) is 5.94. The number of fused-ring (bicyclic) bond motifs is 1. The highest BCUT2D eigenvalue weighted by atomic mass is 35.5. The van der Waals surface area contributed by atoms with Crippen LogP contribution in [0.5, 0.6) is 0 Å². The smallest absolute Gasteiger partial charge is 0.0941 e. The lowest BCUT2D eigenvalue weighted by Gasteiger charge is -2.21. The summed E-state index contributed by atoms with van der Waals surface area (Å²) in [4.78, 5) is 4.69. The van der Waals surface area contributed by atoms with Gasteiger partial charge in [0.1, 0.15) is 0 Å². The highest BCUT2D eigenvalue weighted by Gasteiger charge is 2.15. The van der Waals surface area contributed by atoms with Gasteiger partial charge in [-0.1, -0.05) is 11.6 Å². The first kappa shape index (κ1) is 11.5. The summed E-state index contributed by atoms with van der Waals surface area (Å²) in [5, 5.41) is 5.46. The maximum absolute atomic E-state index is 5.99. The average molecular weight is 267 g/mol. The number of nitrogens with one attached hydrogen (secondary N) is 1.